The largest absolute Gasteiger partial charge is 0.481 e. The first-order chi connectivity index (χ1) is 7.56. The van der Waals surface area contributed by atoms with Crippen LogP contribution < -0.4 is 0 Å². The molecule has 0 aliphatic heterocycles. The van der Waals surface area contributed by atoms with E-state index < -0.39 is 11.9 Å². The molecule has 0 aromatic carbocycles. The van der Waals surface area contributed by atoms with E-state index in [1.807, 2.05) is 0 Å². The molecule has 3 N–H and O–H groups in total. The third-order valence-corrected chi connectivity index (χ3v) is 1.79. The molecule has 0 fully saturated rings. The lowest BCUT2D eigenvalue weighted by Crippen LogP contribution is -2.34. The number of ether oxygens (including phenoxy) is 1. The van der Waals surface area contributed by atoms with Crippen molar-refractivity contribution in [3.05, 3.63) is 0 Å². The second-order valence-electron chi connectivity index (χ2n) is 3.15. The number of rotatable bonds is 10. The van der Waals surface area contributed by atoms with Crippen LogP contribution in [0, 0.1) is 0 Å². The highest BCUT2D eigenvalue weighted by Gasteiger charge is 2.10. The lowest BCUT2D eigenvalue weighted by Gasteiger charge is -2.18. The molecule has 0 amide bonds. The van der Waals surface area contributed by atoms with E-state index in [1.165, 1.54) is 4.90 Å². The van der Waals surface area contributed by atoms with Gasteiger partial charge in [-0.15, -0.1) is 0 Å². The quantitative estimate of drug-likeness (QED) is 0.411. The molecular weight excluding hydrogens is 218 g/mol. The molecule has 0 atom stereocenters. The molecule has 0 bridgehead atoms. The summed E-state index contributed by atoms with van der Waals surface area (Å²) in [6.07, 6.45) is -0.104. The van der Waals surface area contributed by atoms with Crippen LogP contribution >= 0.6 is 0 Å². The Morgan fingerprint density at radius 2 is 1.75 bits per heavy atom. The first kappa shape index (κ1) is 14.8. The van der Waals surface area contributed by atoms with Crippen LogP contribution in [-0.4, -0.2) is 71.6 Å². The van der Waals surface area contributed by atoms with E-state index in [-0.39, 0.29) is 39.3 Å². The van der Waals surface area contributed by atoms with E-state index >= 15 is 0 Å². The number of hydrogen-bond acceptors (Lipinski definition) is 5. The Hall–Kier alpha value is -1.18. The van der Waals surface area contributed by atoms with Crippen LogP contribution in [0.2, 0.25) is 0 Å². The maximum atomic E-state index is 10.5. The van der Waals surface area contributed by atoms with Gasteiger partial charge in [0.05, 0.1) is 32.8 Å². The van der Waals surface area contributed by atoms with Gasteiger partial charge >= 0.3 is 11.9 Å². The standard InChI is InChI=1S/C9H17NO6/c11-4-6-16-5-3-10(7-9(14)15)2-1-8(12)13/h11H,1-7H2,(H,12,13)(H,14,15). The average molecular weight is 235 g/mol. The summed E-state index contributed by atoms with van der Waals surface area (Å²) in [7, 11) is 0. The van der Waals surface area contributed by atoms with Crippen LogP contribution in [0.25, 0.3) is 0 Å². The molecule has 0 unspecified atom stereocenters. The second-order valence-corrected chi connectivity index (χ2v) is 3.15. The first-order valence-corrected chi connectivity index (χ1v) is 4.90. The normalized spacial score (nSPS) is 10.6. The Kier molecular flexibility index (Phi) is 8.41. The molecule has 0 aromatic heterocycles. The Labute approximate surface area is 93.2 Å². The maximum absolute atomic E-state index is 10.5. The summed E-state index contributed by atoms with van der Waals surface area (Å²) in [4.78, 5) is 22.3. The van der Waals surface area contributed by atoms with Crippen LogP contribution in [0.3, 0.4) is 0 Å². The predicted molar refractivity (Wildman–Crippen MR) is 54.2 cm³/mol. The molecule has 0 aliphatic rings. The van der Waals surface area contributed by atoms with Gasteiger partial charge in [0.1, 0.15) is 0 Å². The molecule has 0 aromatic rings. The van der Waals surface area contributed by atoms with Crippen molar-refractivity contribution >= 4 is 11.9 Å². The van der Waals surface area contributed by atoms with Gasteiger partial charge in [0, 0.05) is 13.1 Å². The van der Waals surface area contributed by atoms with Gasteiger partial charge in [-0.25, -0.2) is 0 Å². The minimum absolute atomic E-state index is 0.0892. The minimum atomic E-state index is -1.01. The van der Waals surface area contributed by atoms with Gasteiger partial charge in [-0.05, 0) is 0 Å². The van der Waals surface area contributed by atoms with Gasteiger partial charge in [0.25, 0.3) is 0 Å². The zero-order valence-corrected chi connectivity index (χ0v) is 8.96. The Morgan fingerprint density at radius 1 is 1.06 bits per heavy atom. The van der Waals surface area contributed by atoms with Crippen molar-refractivity contribution < 1.29 is 29.6 Å². The molecular formula is C9H17NO6. The lowest BCUT2D eigenvalue weighted by atomic mass is 10.3. The number of hydrogen-bond donors (Lipinski definition) is 3. The van der Waals surface area contributed by atoms with E-state index in [0.29, 0.717) is 6.54 Å². The summed E-state index contributed by atoms with van der Waals surface area (Å²) < 4.78 is 4.97. The molecule has 0 saturated carbocycles. The Morgan fingerprint density at radius 3 is 2.25 bits per heavy atom. The minimum Gasteiger partial charge on any atom is -0.481 e. The predicted octanol–water partition coefficient (Wildman–Crippen LogP) is -1.14. The van der Waals surface area contributed by atoms with Gasteiger partial charge in [0.2, 0.25) is 0 Å². The number of aliphatic hydroxyl groups excluding tert-OH is 1. The number of nitrogens with zero attached hydrogens (tertiary/aromatic N) is 1. The van der Waals surface area contributed by atoms with Crippen molar-refractivity contribution in [1.82, 2.24) is 4.90 Å². The summed E-state index contributed by atoms with van der Waals surface area (Å²) >= 11 is 0. The fourth-order valence-electron chi connectivity index (χ4n) is 1.08. The van der Waals surface area contributed by atoms with Crippen molar-refractivity contribution in [2.75, 3.05) is 39.5 Å². The Balaban J connectivity index is 3.80. The van der Waals surface area contributed by atoms with Crippen LogP contribution in [-0.2, 0) is 14.3 Å². The second kappa shape index (κ2) is 9.08. The van der Waals surface area contributed by atoms with Crippen molar-refractivity contribution in [3.8, 4) is 0 Å². The van der Waals surface area contributed by atoms with E-state index in [0.717, 1.165) is 0 Å². The SMILES string of the molecule is O=C(O)CCN(CCOCCO)CC(=O)O. The van der Waals surface area contributed by atoms with Crippen LogP contribution in [0.15, 0.2) is 0 Å². The van der Waals surface area contributed by atoms with E-state index in [4.69, 9.17) is 20.1 Å². The molecule has 0 aliphatic carbocycles. The van der Waals surface area contributed by atoms with Crippen molar-refractivity contribution in [1.29, 1.82) is 0 Å². The van der Waals surface area contributed by atoms with Crippen molar-refractivity contribution in [2.45, 2.75) is 6.42 Å². The number of carboxylic acid groups (broad SMARTS) is 2. The highest BCUT2D eigenvalue weighted by atomic mass is 16.5. The van der Waals surface area contributed by atoms with Gasteiger partial charge in [-0.3, -0.25) is 14.5 Å². The molecule has 94 valence electrons. The van der Waals surface area contributed by atoms with Gasteiger partial charge in [0.15, 0.2) is 0 Å². The Bertz CT molecular complexity index is 220. The van der Waals surface area contributed by atoms with E-state index in [9.17, 15) is 9.59 Å². The number of aliphatic carboxylic acids is 2. The average Bonchev–Trinajstić information content (AvgIpc) is 2.19. The van der Waals surface area contributed by atoms with E-state index in [2.05, 4.69) is 0 Å². The third kappa shape index (κ3) is 9.38. The molecule has 0 radical (unpaired) electrons. The zero-order chi connectivity index (χ0) is 12.4. The third-order valence-electron chi connectivity index (χ3n) is 1.79. The summed E-state index contributed by atoms with van der Waals surface area (Å²) in [5, 5.41) is 25.5. The van der Waals surface area contributed by atoms with E-state index in [1.54, 1.807) is 0 Å². The fourth-order valence-corrected chi connectivity index (χ4v) is 1.08. The first-order valence-electron chi connectivity index (χ1n) is 4.90. The molecule has 0 heterocycles. The van der Waals surface area contributed by atoms with Gasteiger partial charge in [-0.1, -0.05) is 0 Å². The summed E-state index contributed by atoms with van der Waals surface area (Å²) in [5.74, 6) is -1.97. The summed E-state index contributed by atoms with van der Waals surface area (Å²) in [6.45, 7) is 0.667. The zero-order valence-electron chi connectivity index (χ0n) is 8.96. The topological polar surface area (TPSA) is 107 Å². The number of carbonyl (C=O) groups is 2. The highest BCUT2D eigenvalue weighted by Crippen LogP contribution is 1.92. The van der Waals surface area contributed by atoms with Gasteiger partial charge in [-0.2, -0.15) is 0 Å². The fraction of sp³-hybridized carbons (Fsp3) is 0.778. The molecule has 16 heavy (non-hydrogen) atoms. The van der Waals surface area contributed by atoms with Crippen LogP contribution in [0.4, 0.5) is 0 Å². The molecule has 0 rings (SSSR count). The van der Waals surface area contributed by atoms with Crippen LogP contribution in [0.1, 0.15) is 6.42 Å². The molecule has 7 heteroatoms. The molecule has 0 saturated heterocycles. The summed E-state index contributed by atoms with van der Waals surface area (Å²) in [5.41, 5.74) is 0. The maximum Gasteiger partial charge on any atom is 0.317 e. The monoisotopic (exact) mass is 235 g/mol. The van der Waals surface area contributed by atoms with Crippen LogP contribution in [0.5, 0.6) is 0 Å². The van der Waals surface area contributed by atoms with Gasteiger partial charge < -0.3 is 20.1 Å². The molecule has 7 nitrogen and oxygen atoms in total. The van der Waals surface area contributed by atoms with Crippen molar-refractivity contribution in [3.63, 3.8) is 0 Å². The van der Waals surface area contributed by atoms with Crippen molar-refractivity contribution in [2.24, 2.45) is 0 Å². The number of carboxylic acids is 2. The smallest absolute Gasteiger partial charge is 0.317 e. The number of aliphatic hydroxyl groups is 1. The summed E-state index contributed by atoms with van der Waals surface area (Å²) in [6, 6.07) is 0. The molecule has 0 spiro atoms. The highest BCUT2D eigenvalue weighted by molar-refractivity contribution is 5.69. The lowest BCUT2D eigenvalue weighted by molar-refractivity contribution is -0.141.